The zero-order valence-corrected chi connectivity index (χ0v) is 15.6. The maximum absolute atomic E-state index is 11.9. The average Bonchev–Trinajstić information content (AvgIpc) is 3.05. The minimum absolute atomic E-state index is 0.380. The molecule has 25 heavy (non-hydrogen) atoms. The van der Waals surface area contributed by atoms with Gasteiger partial charge in [-0.2, -0.15) is 5.10 Å². The lowest BCUT2D eigenvalue weighted by Crippen LogP contribution is -2.17. The largest absolute Gasteiger partial charge is 0.455 e. The van der Waals surface area contributed by atoms with Crippen LogP contribution in [0.4, 0.5) is 0 Å². The van der Waals surface area contributed by atoms with Gasteiger partial charge in [0.2, 0.25) is 0 Å². The summed E-state index contributed by atoms with van der Waals surface area (Å²) in [5.74, 6) is 0.630. The van der Waals surface area contributed by atoms with E-state index in [1.165, 1.54) is 12.4 Å². The molecule has 0 spiro atoms. The summed E-state index contributed by atoms with van der Waals surface area (Å²) >= 11 is 15.4. The van der Waals surface area contributed by atoms with Gasteiger partial charge in [0.25, 0.3) is 5.91 Å². The molecule has 1 aromatic carbocycles. The molecule has 0 radical (unpaired) electrons. The van der Waals surface area contributed by atoms with Crippen LogP contribution in [0.2, 0.25) is 10.0 Å². The Kier molecular flexibility index (Phi) is 5.53. The maximum Gasteiger partial charge on any atom is 0.272 e. The van der Waals surface area contributed by atoms with Crippen molar-refractivity contribution in [1.82, 2.24) is 10.4 Å². The molecule has 2 heterocycles. The zero-order valence-electron chi connectivity index (χ0n) is 12.5. The van der Waals surface area contributed by atoms with Gasteiger partial charge in [-0.05, 0) is 52.3 Å². The van der Waals surface area contributed by atoms with E-state index in [9.17, 15) is 4.79 Å². The summed E-state index contributed by atoms with van der Waals surface area (Å²) in [5, 5.41) is 4.96. The third-order valence-corrected chi connectivity index (χ3v) is 4.14. The number of pyridine rings is 1. The molecule has 5 nitrogen and oxygen atoms in total. The van der Waals surface area contributed by atoms with Crippen molar-refractivity contribution < 1.29 is 9.21 Å². The SMILES string of the molecule is O=C(N/N=C\c1ccc(-c2cc(Cl)ccc2Cl)o1)c1cncc(Br)c1. The fraction of sp³-hybridized carbons (Fsp3) is 0. The maximum atomic E-state index is 11.9. The molecule has 0 saturated heterocycles. The number of benzene rings is 1. The molecule has 3 aromatic rings. The number of hydrazone groups is 1. The van der Waals surface area contributed by atoms with E-state index in [1.54, 1.807) is 42.6 Å². The standard InChI is InChI=1S/C17H10BrCl2N3O2/c18-11-5-10(7-21-8-11)17(24)23-22-9-13-2-4-16(25-13)14-6-12(19)1-3-15(14)20/h1-9H,(H,23,24)/b22-9-. The van der Waals surface area contributed by atoms with Crippen LogP contribution in [0.1, 0.15) is 16.1 Å². The van der Waals surface area contributed by atoms with Gasteiger partial charge in [-0.15, -0.1) is 0 Å². The van der Waals surface area contributed by atoms with E-state index < -0.39 is 0 Å². The molecule has 126 valence electrons. The van der Waals surface area contributed by atoms with Crippen molar-refractivity contribution >= 4 is 51.3 Å². The first-order valence-electron chi connectivity index (χ1n) is 7.02. The Hall–Kier alpha value is -2.15. The van der Waals surface area contributed by atoms with E-state index in [0.717, 1.165) is 0 Å². The molecule has 1 N–H and O–H groups in total. The normalized spacial score (nSPS) is 11.0. The number of nitrogens with zero attached hydrogens (tertiary/aromatic N) is 2. The zero-order chi connectivity index (χ0) is 17.8. The number of hydrogen-bond donors (Lipinski definition) is 1. The van der Waals surface area contributed by atoms with Gasteiger partial charge < -0.3 is 4.42 Å². The number of rotatable bonds is 4. The number of hydrogen-bond acceptors (Lipinski definition) is 4. The number of halogens is 3. The minimum Gasteiger partial charge on any atom is -0.455 e. The Morgan fingerprint density at radius 1 is 1.20 bits per heavy atom. The van der Waals surface area contributed by atoms with Crippen molar-refractivity contribution in [3.8, 4) is 11.3 Å². The number of furan rings is 1. The van der Waals surface area contributed by atoms with E-state index in [-0.39, 0.29) is 5.91 Å². The van der Waals surface area contributed by atoms with Gasteiger partial charge in [0.05, 0.1) is 16.8 Å². The lowest BCUT2D eigenvalue weighted by atomic mass is 10.2. The number of amides is 1. The molecule has 0 atom stereocenters. The second-order valence-electron chi connectivity index (χ2n) is 4.92. The van der Waals surface area contributed by atoms with Gasteiger partial charge in [-0.1, -0.05) is 23.2 Å². The van der Waals surface area contributed by atoms with Crippen LogP contribution < -0.4 is 5.43 Å². The predicted octanol–water partition coefficient (Wildman–Crippen LogP) is 5.17. The van der Waals surface area contributed by atoms with Gasteiger partial charge in [0, 0.05) is 27.5 Å². The van der Waals surface area contributed by atoms with Gasteiger partial charge >= 0.3 is 0 Å². The molecule has 0 aliphatic rings. The lowest BCUT2D eigenvalue weighted by molar-refractivity contribution is 0.0954. The van der Waals surface area contributed by atoms with E-state index >= 15 is 0 Å². The Bertz CT molecular complexity index is 957. The third kappa shape index (κ3) is 4.48. The number of aromatic nitrogens is 1. The van der Waals surface area contributed by atoms with E-state index in [0.29, 0.717) is 37.2 Å². The van der Waals surface area contributed by atoms with Crippen LogP contribution in [0.5, 0.6) is 0 Å². The van der Waals surface area contributed by atoms with E-state index in [4.69, 9.17) is 27.6 Å². The van der Waals surface area contributed by atoms with E-state index in [1.807, 2.05) is 0 Å². The molecular weight excluding hydrogens is 429 g/mol. The van der Waals surface area contributed by atoms with Crippen LogP contribution >= 0.6 is 39.1 Å². The second-order valence-corrected chi connectivity index (χ2v) is 6.68. The molecule has 2 aromatic heterocycles. The third-order valence-electron chi connectivity index (χ3n) is 3.15. The van der Waals surface area contributed by atoms with Gasteiger partial charge in [0.1, 0.15) is 11.5 Å². The fourth-order valence-electron chi connectivity index (χ4n) is 2.01. The first-order chi connectivity index (χ1) is 12.0. The van der Waals surface area contributed by atoms with Crippen molar-refractivity contribution in [2.45, 2.75) is 0 Å². The number of carbonyl (C=O) groups excluding carboxylic acids is 1. The lowest BCUT2D eigenvalue weighted by Gasteiger charge is -2.01. The molecule has 0 fully saturated rings. The molecule has 8 heteroatoms. The van der Waals surface area contributed by atoms with Crippen LogP contribution in [0, 0.1) is 0 Å². The molecule has 0 aliphatic carbocycles. The summed E-state index contributed by atoms with van der Waals surface area (Å²) < 4.78 is 6.36. The summed E-state index contributed by atoms with van der Waals surface area (Å²) in [5.41, 5.74) is 3.47. The monoisotopic (exact) mass is 437 g/mol. The molecular formula is C17H10BrCl2N3O2. The van der Waals surface area contributed by atoms with Crippen LogP contribution in [0.15, 0.2) is 62.8 Å². The molecule has 3 rings (SSSR count). The minimum atomic E-state index is -0.380. The highest BCUT2D eigenvalue weighted by atomic mass is 79.9. The molecule has 0 aliphatic heterocycles. The topological polar surface area (TPSA) is 67.5 Å². The molecule has 0 saturated carbocycles. The van der Waals surface area contributed by atoms with Crippen molar-refractivity contribution in [2.75, 3.05) is 0 Å². The predicted molar refractivity (Wildman–Crippen MR) is 101 cm³/mol. The van der Waals surface area contributed by atoms with Crippen molar-refractivity contribution in [3.05, 3.63) is 74.6 Å². The Labute approximate surface area is 161 Å². The Balaban J connectivity index is 1.70. The highest BCUT2D eigenvalue weighted by Gasteiger charge is 2.09. The summed E-state index contributed by atoms with van der Waals surface area (Å²) in [6, 6.07) is 10.2. The first kappa shape index (κ1) is 17.7. The number of carbonyl (C=O) groups is 1. The second kappa shape index (κ2) is 7.82. The summed E-state index contributed by atoms with van der Waals surface area (Å²) in [6.07, 6.45) is 4.43. The van der Waals surface area contributed by atoms with Gasteiger partial charge in [-0.3, -0.25) is 9.78 Å². The Morgan fingerprint density at radius 2 is 2.04 bits per heavy atom. The Morgan fingerprint density at radius 3 is 2.84 bits per heavy atom. The quantitative estimate of drug-likeness (QED) is 0.451. The highest BCUT2D eigenvalue weighted by molar-refractivity contribution is 9.10. The number of nitrogens with one attached hydrogen (secondary N) is 1. The van der Waals surface area contributed by atoms with Gasteiger partial charge in [0.15, 0.2) is 0 Å². The first-order valence-corrected chi connectivity index (χ1v) is 8.57. The van der Waals surface area contributed by atoms with E-state index in [2.05, 4.69) is 31.4 Å². The van der Waals surface area contributed by atoms with Crippen LogP contribution in [-0.2, 0) is 0 Å². The van der Waals surface area contributed by atoms with Crippen molar-refractivity contribution in [2.24, 2.45) is 5.10 Å². The van der Waals surface area contributed by atoms with Crippen LogP contribution in [-0.4, -0.2) is 17.1 Å². The highest BCUT2D eigenvalue weighted by Crippen LogP contribution is 2.31. The fourth-order valence-corrected chi connectivity index (χ4v) is 2.76. The summed E-state index contributed by atoms with van der Waals surface area (Å²) in [4.78, 5) is 15.9. The summed E-state index contributed by atoms with van der Waals surface area (Å²) in [7, 11) is 0. The van der Waals surface area contributed by atoms with Crippen molar-refractivity contribution in [1.29, 1.82) is 0 Å². The van der Waals surface area contributed by atoms with Crippen molar-refractivity contribution in [3.63, 3.8) is 0 Å². The summed E-state index contributed by atoms with van der Waals surface area (Å²) in [6.45, 7) is 0. The average molecular weight is 439 g/mol. The molecule has 0 bridgehead atoms. The van der Waals surface area contributed by atoms with Gasteiger partial charge in [-0.25, -0.2) is 5.43 Å². The van der Waals surface area contributed by atoms with Crippen LogP contribution in [0.25, 0.3) is 11.3 Å². The van der Waals surface area contributed by atoms with Crippen LogP contribution in [0.3, 0.4) is 0 Å². The molecule has 1 amide bonds. The smallest absolute Gasteiger partial charge is 0.272 e. The molecule has 0 unspecified atom stereocenters.